The Morgan fingerprint density at radius 3 is 2.86 bits per heavy atom. The summed E-state index contributed by atoms with van der Waals surface area (Å²) in [6, 6.07) is 6.60. The number of carbonyl (C=O) groups is 1. The molecule has 1 aliphatic rings. The number of hydrogen-bond donors (Lipinski definition) is 1. The predicted molar refractivity (Wildman–Crippen MR) is 88.8 cm³/mol. The molecule has 5 heteroatoms. The first-order valence-electron chi connectivity index (χ1n) is 7.48. The van der Waals surface area contributed by atoms with E-state index in [0.717, 1.165) is 29.7 Å². The molecule has 0 bridgehead atoms. The van der Waals surface area contributed by atoms with Crippen molar-refractivity contribution in [3.63, 3.8) is 0 Å². The van der Waals surface area contributed by atoms with Crippen molar-refractivity contribution in [2.45, 2.75) is 39.3 Å². The largest absolute Gasteiger partial charge is 0.462 e. The zero-order chi connectivity index (χ0) is 15.4. The van der Waals surface area contributed by atoms with Gasteiger partial charge in [0.15, 0.2) is 0 Å². The molecule has 0 spiro atoms. The van der Waals surface area contributed by atoms with Gasteiger partial charge in [0.25, 0.3) is 0 Å². The fourth-order valence-corrected chi connectivity index (χ4v) is 3.06. The van der Waals surface area contributed by atoms with Crippen LogP contribution in [0.1, 0.15) is 37.6 Å². The molecule has 0 amide bonds. The molecule has 116 valence electrons. The van der Waals surface area contributed by atoms with Crippen LogP contribution in [0.3, 0.4) is 0 Å². The minimum atomic E-state index is -0.281. The van der Waals surface area contributed by atoms with Gasteiger partial charge in [0, 0.05) is 35.3 Å². The number of carbonyl (C=O) groups excluding carboxylic acids is 1. The highest BCUT2D eigenvalue weighted by molar-refractivity contribution is 9.10. The van der Waals surface area contributed by atoms with Crippen molar-refractivity contribution in [2.24, 2.45) is 0 Å². The van der Waals surface area contributed by atoms with Crippen molar-refractivity contribution in [3.05, 3.63) is 28.2 Å². The van der Waals surface area contributed by atoms with Crippen LogP contribution in [0, 0.1) is 0 Å². The summed E-state index contributed by atoms with van der Waals surface area (Å²) in [5, 5.41) is 3.55. The molecule has 4 nitrogen and oxygen atoms in total. The van der Waals surface area contributed by atoms with Gasteiger partial charge in [-0.25, -0.2) is 4.79 Å². The summed E-state index contributed by atoms with van der Waals surface area (Å²) in [6.45, 7) is 8.85. The van der Waals surface area contributed by atoms with Crippen LogP contribution in [0.5, 0.6) is 0 Å². The van der Waals surface area contributed by atoms with Gasteiger partial charge in [-0.1, -0.05) is 0 Å². The highest BCUT2D eigenvalue weighted by atomic mass is 79.9. The Morgan fingerprint density at radius 1 is 1.52 bits per heavy atom. The number of nitrogens with one attached hydrogen (secondary N) is 1. The summed E-state index contributed by atoms with van der Waals surface area (Å²) in [5.41, 5.74) is 1.60. The van der Waals surface area contributed by atoms with E-state index in [0.29, 0.717) is 24.3 Å². The maximum Gasteiger partial charge on any atom is 0.338 e. The van der Waals surface area contributed by atoms with Crippen LogP contribution in [-0.4, -0.2) is 42.6 Å². The Morgan fingerprint density at radius 2 is 2.29 bits per heavy atom. The van der Waals surface area contributed by atoms with Gasteiger partial charge >= 0.3 is 5.97 Å². The van der Waals surface area contributed by atoms with E-state index in [-0.39, 0.29) is 5.97 Å². The lowest BCUT2D eigenvalue weighted by Crippen LogP contribution is -2.31. The molecule has 1 heterocycles. The van der Waals surface area contributed by atoms with Crippen LogP contribution in [0.25, 0.3) is 0 Å². The minimum absolute atomic E-state index is 0.281. The highest BCUT2D eigenvalue weighted by Gasteiger charge is 2.24. The number of benzene rings is 1. The van der Waals surface area contributed by atoms with Gasteiger partial charge in [0.1, 0.15) is 0 Å². The molecule has 0 radical (unpaired) electrons. The Bertz CT molecular complexity index is 505. The second-order valence-corrected chi connectivity index (χ2v) is 6.49. The van der Waals surface area contributed by atoms with Crippen LogP contribution in [0.4, 0.5) is 5.69 Å². The second kappa shape index (κ2) is 7.27. The molecule has 1 aliphatic heterocycles. The minimum Gasteiger partial charge on any atom is -0.462 e. The van der Waals surface area contributed by atoms with Gasteiger partial charge in [-0.2, -0.15) is 0 Å². The standard InChI is InChI=1S/C16H23BrN2O2/c1-4-21-16(20)12-5-6-15(14(17)9-12)18-13-7-8-19(10-13)11(2)3/h5-6,9,11,13,18H,4,7-8,10H2,1-3H3. The smallest absolute Gasteiger partial charge is 0.338 e. The Hall–Kier alpha value is -1.07. The molecule has 0 aromatic heterocycles. The number of anilines is 1. The summed E-state index contributed by atoms with van der Waals surface area (Å²) in [6.07, 6.45) is 1.14. The maximum atomic E-state index is 11.7. The Balaban J connectivity index is 2.00. The molecule has 1 aromatic carbocycles. The number of hydrogen-bond acceptors (Lipinski definition) is 4. The van der Waals surface area contributed by atoms with Gasteiger partial charge in [-0.15, -0.1) is 0 Å². The molecule has 1 N–H and O–H groups in total. The van der Waals surface area contributed by atoms with Crippen molar-refractivity contribution in [1.29, 1.82) is 0 Å². The molecule has 21 heavy (non-hydrogen) atoms. The molecule has 1 fully saturated rings. The van der Waals surface area contributed by atoms with E-state index >= 15 is 0 Å². The van der Waals surface area contributed by atoms with E-state index in [1.807, 2.05) is 19.1 Å². The zero-order valence-electron chi connectivity index (χ0n) is 12.9. The van der Waals surface area contributed by atoms with Crippen LogP contribution in [0.15, 0.2) is 22.7 Å². The third-order valence-electron chi connectivity index (χ3n) is 3.79. The van der Waals surface area contributed by atoms with Crippen molar-refractivity contribution in [3.8, 4) is 0 Å². The van der Waals surface area contributed by atoms with Crippen LogP contribution >= 0.6 is 15.9 Å². The van der Waals surface area contributed by atoms with Crippen molar-refractivity contribution in [1.82, 2.24) is 4.90 Å². The van der Waals surface area contributed by atoms with Gasteiger partial charge in [-0.05, 0) is 61.3 Å². The average molecular weight is 355 g/mol. The third kappa shape index (κ3) is 4.20. The molecule has 0 saturated carbocycles. The first-order chi connectivity index (χ1) is 10.0. The quantitative estimate of drug-likeness (QED) is 0.821. The van der Waals surface area contributed by atoms with Crippen molar-refractivity contribution >= 4 is 27.6 Å². The zero-order valence-corrected chi connectivity index (χ0v) is 14.4. The molecular formula is C16H23BrN2O2. The second-order valence-electron chi connectivity index (χ2n) is 5.63. The van der Waals surface area contributed by atoms with Gasteiger partial charge in [0.2, 0.25) is 0 Å². The number of likely N-dealkylation sites (tertiary alicyclic amines) is 1. The first kappa shape index (κ1) is 16.3. The van der Waals surface area contributed by atoms with Gasteiger partial charge in [0.05, 0.1) is 12.2 Å². The lowest BCUT2D eigenvalue weighted by atomic mass is 10.2. The van der Waals surface area contributed by atoms with Crippen LogP contribution in [0.2, 0.25) is 0 Å². The Labute approximate surface area is 135 Å². The highest BCUT2D eigenvalue weighted by Crippen LogP contribution is 2.26. The fraction of sp³-hybridized carbons (Fsp3) is 0.562. The monoisotopic (exact) mass is 354 g/mol. The Kier molecular flexibility index (Phi) is 5.65. The van der Waals surface area contributed by atoms with E-state index in [4.69, 9.17) is 4.74 Å². The van der Waals surface area contributed by atoms with Crippen LogP contribution < -0.4 is 5.32 Å². The molecule has 0 aliphatic carbocycles. The van der Waals surface area contributed by atoms with Gasteiger partial charge < -0.3 is 10.1 Å². The number of halogens is 1. The number of nitrogens with zero attached hydrogens (tertiary/aromatic N) is 1. The molecule has 2 rings (SSSR count). The van der Waals surface area contributed by atoms with Crippen molar-refractivity contribution < 1.29 is 9.53 Å². The topological polar surface area (TPSA) is 41.6 Å². The van der Waals surface area contributed by atoms with Crippen molar-refractivity contribution in [2.75, 3.05) is 25.0 Å². The molecular weight excluding hydrogens is 332 g/mol. The normalized spacial score (nSPS) is 19.0. The lowest BCUT2D eigenvalue weighted by molar-refractivity contribution is 0.0526. The summed E-state index contributed by atoms with van der Waals surface area (Å²) in [4.78, 5) is 14.2. The first-order valence-corrected chi connectivity index (χ1v) is 8.27. The fourth-order valence-electron chi connectivity index (χ4n) is 2.57. The molecule has 1 atom stereocenters. The SMILES string of the molecule is CCOC(=O)c1ccc(NC2CCN(C(C)C)C2)c(Br)c1. The number of rotatable bonds is 5. The summed E-state index contributed by atoms with van der Waals surface area (Å²) in [5.74, 6) is -0.281. The molecule has 1 unspecified atom stereocenters. The van der Waals surface area contributed by atoms with E-state index < -0.39 is 0 Å². The van der Waals surface area contributed by atoms with E-state index in [9.17, 15) is 4.79 Å². The molecule has 1 saturated heterocycles. The average Bonchev–Trinajstić information content (AvgIpc) is 2.90. The lowest BCUT2D eigenvalue weighted by Gasteiger charge is -2.21. The summed E-state index contributed by atoms with van der Waals surface area (Å²) < 4.78 is 5.91. The van der Waals surface area contributed by atoms with Crippen LogP contribution in [-0.2, 0) is 4.74 Å². The predicted octanol–water partition coefficient (Wildman–Crippen LogP) is 3.52. The third-order valence-corrected chi connectivity index (χ3v) is 4.45. The summed E-state index contributed by atoms with van der Waals surface area (Å²) >= 11 is 3.53. The van der Waals surface area contributed by atoms with E-state index in [1.54, 1.807) is 6.07 Å². The maximum absolute atomic E-state index is 11.7. The van der Waals surface area contributed by atoms with Gasteiger partial charge in [-0.3, -0.25) is 4.90 Å². The number of ether oxygens (including phenoxy) is 1. The number of esters is 1. The molecule has 1 aromatic rings. The van der Waals surface area contributed by atoms with E-state index in [2.05, 4.69) is 40.0 Å². The summed E-state index contributed by atoms with van der Waals surface area (Å²) in [7, 11) is 0. The van der Waals surface area contributed by atoms with E-state index in [1.165, 1.54) is 0 Å².